The van der Waals surface area contributed by atoms with E-state index in [-0.39, 0.29) is 18.0 Å². The molecule has 1 aromatic heterocycles. The second kappa shape index (κ2) is 6.27. The molecular formula is C16H21N5O. The van der Waals surface area contributed by atoms with Crippen LogP contribution in [0.15, 0.2) is 30.5 Å². The number of nitrogens with one attached hydrogen (secondary N) is 1. The van der Waals surface area contributed by atoms with Crippen molar-refractivity contribution in [2.24, 2.45) is 5.73 Å². The van der Waals surface area contributed by atoms with Crippen LogP contribution < -0.4 is 11.1 Å². The van der Waals surface area contributed by atoms with Crippen molar-refractivity contribution >= 4 is 5.91 Å². The van der Waals surface area contributed by atoms with Crippen LogP contribution in [0, 0.1) is 6.92 Å². The zero-order chi connectivity index (χ0) is 15.5. The van der Waals surface area contributed by atoms with Crippen molar-refractivity contribution < 1.29 is 4.79 Å². The van der Waals surface area contributed by atoms with Crippen LogP contribution in [0.1, 0.15) is 41.7 Å². The molecule has 6 heteroatoms. The molecule has 0 atom stereocenters. The smallest absolute Gasteiger partial charge is 0.273 e. The zero-order valence-electron chi connectivity index (χ0n) is 12.7. The zero-order valence-corrected chi connectivity index (χ0v) is 12.7. The normalized spacial score (nSPS) is 21.5. The van der Waals surface area contributed by atoms with Crippen molar-refractivity contribution in [1.29, 1.82) is 0 Å². The third-order valence-electron chi connectivity index (χ3n) is 4.13. The lowest BCUT2D eigenvalue weighted by molar-refractivity contribution is 0.0920. The Bertz CT molecular complexity index is 641. The molecule has 0 bridgehead atoms. The Balaban J connectivity index is 1.65. The molecule has 1 aliphatic rings. The van der Waals surface area contributed by atoms with Gasteiger partial charge in [0.05, 0.1) is 11.9 Å². The second-order valence-electron chi connectivity index (χ2n) is 5.97. The fraction of sp³-hybridized carbons (Fsp3) is 0.438. The molecule has 22 heavy (non-hydrogen) atoms. The lowest BCUT2D eigenvalue weighted by atomic mass is 9.92. The quantitative estimate of drug-likeness (QED) is 0.901. The topological polar surface area (TPSA) is 85.8 Å². The highest BCUT2D eigenvalue weighted by atomic mass is 16.2. The molecule has 0 radical (unpaired) electrons. The van der Waals surface area contributed by atoms with Crippen molar-refractivity contribution in [3.63, 3.8) is 0 Å². The first-order valence-electron chi connectivity index (χ1n) is 7.67. The monoisotopic (exact) mass is 299 g/mol. The van der Waals surface area contributed by atoms with Crippen LogP contribution in [0.3, 0.4) is 0 Å². The maximum atomic E-state index is 12.2. The number of aromatic nitrogens is 3. The van der Waals surface area contributed by atoms with E-state index in [2.05, 4.69) is 15.6 Å². The number of aryl methyl sites for hydroxylation is 1. The fourth-order valence-electron chi connectivity index (χ4n) is 2.71. The molecule has 1 heterocycles. The van der Waals surface area contributed by atoms with Gasteiger partial charge in [0.2, 0.25) is 0 Å². The number of nitrogens with zero attached hydrogens (tertiary/aromatic N) is 3. The van der Waals surface area contributed by atoms with E-state index in [9.17, 15) is 4.79 Å². The molecule has 1 fully saturated rings. The number of carbonyl (C=O) groups is 1. The lowest BCUT2D eigenvalue weighted by Gasteiger charge is -2.26. The number of benzene rings is 1. The van der Waals surface area contributed by atoms with E-state index in [0.717, 1.165) is 31.4 Å². The maximum absolute atomic E-state index is 12.2. The van der Waals surface area contributed by atoms with Crippen molar-refractivity contribution in [2.45, 2.75) is 44.7 Å². The third-order valence-corrected chi connectivity index (χ3v) is 4.13. The van der Waals surface area contributed by atoms with E-state index >= 15 is 0 Å². The summed E-state index contributed by atoms with van der Waals surface area (Å²) in [5.74, 6) is -0.168. The predicted molar refractivity (Wildman–Crippen MR) is 83.8 cm³/mol. The van der Waals surface area contributed by atoms with Gasteiger partial charge in [0, 0.05) is 12.1 Å². The van der Waals surface area contributed by atoms with Gasteiger partial charge in [-0.2, -0.15) is 0 Å². The van der Waals surface area contributed by atoms with Crippen LogP contribution in [0.25, 0.3) is 5.69 Å². The van der Waals surface area contributed by atoms with Gasteiger partial charge in [-0.1, -0.05) is 22.9 Å². The van der Waals surface area contributed by atoms with Gasteiger partial charge in [0.1, 0.15) is 0 Å². The van der Waals surface area contributed by atoms with Gasteiger partial charge in [-0.05, 0) is 44.7 Å². The Morgan fingerprint density at radius 1 is 1.23 bits per heavy atom. The summed E-state index contributed by atoms with van der Waals surface area (Å²) in [4.78, 5) is 12.2. The number of hydrogen-bond acceptors (Lipinski definition) is 4. The number of hydrogen-bond donors (Lipinski definition) is 2. The summed E-state index contributed by atoms with van der Waals surface area (Å²) in [7, 11) is 0. The predicted octanol–water partition coefficient (Wildman–Crippen LogP) is 1.58. The second-order valence-corrected chi connectivity index (χ2v) is 5.97. The molecule has 6 nitrogen and oxygen atoms in total. The summed E-state index contributed by atoms with van der Waals surface area (Å²) in [5.41, 5.74) is 8.29. The Labute approximate surface area is 129 Å². The van der Waals surface area contributed by atoms with Gasteiger partial charge in [0.25, 0.3) is 5.91 Å². The van der Waals surface area contributed by atoms with Crippen molar-refractivity contribution in [3.8, 4) is 5.69 Å². The molecule has 0 unspecified atom stereocenters. The Morgan fingerprint density at radius 2 is 1.91 bits per heavy atom. The summed E-state index contributed by atoms with van der Waals surface area (Å²) in [6, 6.07) is 8.37. The number of rotatable bonds is 3. The molecular weight excluding hydrogens is 278 g/mol. The van der Waals surface area contributed by atoms with Crippen molar-refractivity contribution in [1.82, 2.24) is 20.3 Å². The maximum Gasteiger partial charge on any atom is 0.273 e. The summed E-state index contributed by atoms with van der Waals surface area (Å²) < 4.78 is 1.62. The molecule has 2 aromatic rings. The first-order valence-corrected chi connectivity index (χ1v) is 7.67. The van der Waals surface area contributed by atoms with Gasteiger partial charge >= 0.3 is 0 Å². The highest BCUT2D eigenvalue weighted by molar-refractivity contribution is 5.92. The summed E-state index contributed by atoms with van der Waals surface area (Å²) in [6.07, 6.45) is 5.44. The van der Waals surface area contributed by atoms with E-state index in [1.165, 1.54) is 5.56 Å². The number of nitrogens with two attached hydrogens (primary N) is 1. The first-order chi connectivity index (χ1) is 10.6. The lowest BCUT2D eigenvalue weighted by Crippen LogP contribution is -2.40. The molecule has 116 valence electrons. The van der Waals surface area contributed by atoms with Gasteiger partial charge in [-0.3, -0.25) is 4.79 Å². The Kier molecular flexibility index (Phi) is 4.20. The van der Waals surface area contributed by atoms with Crippen molar-refractivity contribution in [3.05, 3.63) is 41.7 Å². The van der Waals surface area contributed by atoms with E-state index in [4.69, 9.17) is 5.73 Å². The van der Waals surface area contributed by atoms with Gasteiger partial charge in [-0.25, -0.2) is 4.68 Å². The molecule has 0 aliphatic heterocycles. The third kappa shape index (κ3) is 3.33. The molecule has 3 rings (SSSR count). The Hall–Kier alpha value is -2.21. The van der Waals surface area contributed by atoms with Crippen LogP contribution in [0.2, 0.25) is 0 Å². The SMILES string of the molecule is Cc1ccc(-n2cc(C(=O)NC3CCC(N)CC3)nn2)cc1. The van der Waals surface area contributed by atoms with E-state index in [1.807, 2.05) is 31.2 Å². The molecule has 3 N–H and O–H groups in total. The van der Waals surface area contributed by atoms with Crippen LogP contribution in [-0.4, -0.2) is 33.0 Å². The molecule has 1 saturated carbocycles. The largest absolute Gasteiger partial charge is 0.348 e. The molecule has 1 aromatic carbocycles. The molecule has 0 saturated heterocycles. The minimum atomic E-state index is -0.168. The summed E-state index contributed by atoms with van der Waals surface area (Å²) >= 11 is 0. The first kappa shape index (κ1) is 14.7. The van der Waals surface area contributed by atoms with Gasteiger partial charge < -0.3 is 11.1 Å². The van der Waals surface area contributed by atoms with E-state index < -0.39 is 0 Å². The number of carbonyl (C=O) groups excluding carboxylic acids is 1. The van der Waals surface area contributed by atoms with Crippen molar-refractivity contribution in [2.75, 3.05) is 0 Å². The van der Waals surface area contributed by atoms with E-state index in [0.29, 0.717) is 5.69 Å². The summed E-state index contributed by atoms with van der Waals surface area (Å²) in [6.45, 7) is 2.03. The van der Waals surface area contributed by atoms with Gasteiger partial charge in [-0.15, -0.1) is 5.10 Å². The van der Waals surface area contributed by atoms with Crippen LogP contribution in [0.5, 0.6) is 0 Å². The molecule has 1 aliphatic carbocycles. The highest BCUT2D eigenvalue weighted by Crippen LogP contribution is 2.17. The Morgan fingerprint density at radius 3 is 2.59 bits per heavy atom. The molecule has 0 spiro atoms. The van der Waals surface area contributed by atoms with Crippen LogP contribution in [0.4, 0.5) is 0 Å². The van der Waals surface area contributed by atoms with E-state index in [1.54, 1.807) is 10.9 Å². The standard InChI is InChI=1S/C16H21N5O/c1-11-2-8-14(9-3-11)21-10-15(19-20-21)16(22)18-13-6-4-12(17)5-7-13/h2-3,8-10,12-13H,4-7,17H2,1H3,(H,18,22). The number of amides is 1. The molecule has 1 amide bonds. The average Bonchev–Trinajstić information content (AvgIpc) is 3.00. The minimum Gasteiger partial charge on any atom is -0.348 e. The van der Waals surface area contributed by atoms with Gasteiger partial charge in [0.15, 0.2) is 5.69 Å². The average molecular weight is 299 g/mol. The fourth-order valence-corrected chi connectivity index (χ4v) is 2.71. The highest BCUT2D eigenvalue weighted by Gasteiger charge is 2.21. The summed E-state index contributed by atoms with van der Waals surface area (Å²) in [5, 5.41) is 11.0. The van der Waals surface area contributed by atoms with Crippen LogP contribution >= 0.6 is 0 Å². The van der Waals surface area contributed by atoms with Crippen LogP contribution in [-0.2, 0) is 0 Å². The minimum absolute atomic E-state index is 0.168.